The summed E-state index contributed by atoms with van der Waals surface area (Å²) in [6.07, 6.45) is 4.48. The maximum atomic E-state index is 14.6. The maximum absolute atomic E-state index is 14.6. The molecule has 2 aromatic rings. The number of carbonyl (C=O) groups is 2. The van der Waals surface area contributed by atoms with Crippen molar-refractivity contribution in [3.8, 4) is 0 Å². The second-order valence-corrected chi connectivity index (χ2v) is 10.6. The van der Waals surface area contributed by atoms with Crippen LogP contribution in [0.25, 0.3) is 0 Å². The molecule has 2 heterocycles. The number of carboxylic acid groups (broad SMARTS) is 1. The third-order valence-electron chi connectivity index (χ3n) is 6.57. The lowest BCUT2D eigenvalue weighted by molar-refractivity contribution is -0.139. The number of nitrogens with one attached hydrogen (secondary N) is 1. The lowest BCUT2D eigenvalue weighted by Crippen LogP contribution is -2.38. The van der Waals surface area contributed by atoms with Gasteiger partial charge in [-0.2, -0.15) is 0 Å². The van der Waals surface area contributed by atoms with Crippen LogP contribution in [0.2, 0.25) is 5.02 Å². The third-order valence-corrected chi connectivity index (χ3v) is 7.73. The van der Waals surface area contributed by atoms with Gasteiger partial charge in [0.05, 0.1) is 29.7 Å². The molecule has 0 saturated heterocycles. The first-order chi connectivity index (χ1) is 19.1. The number of carboxylic acids is 1. The normalized spacial score (nSPS) is 20.4. The highest BCUT2D eigenvalue weighted by Gasteiger charge is 2.38. The molecule has 9 nitrogen and oxygen atoms in total. The number of allylic oxidation sites excluding steroid dienone is 3. The van der Waals surface area contributed by atoms with E-state index in [1.165, 1.54) is 17.4 Å². The molecule has 40 heavy (non-hydrogen) atoms. The number of hydrogen-bond acceptors (Lipinski definition) is 9. The van der Waals surface area contributed by atoms with Gasteiger partial charge >= 0.3 is 11.9 Å². The third kappa shape index (κ3) is 6.39. The number of aliphatic carboxylic acids is 1. The van der Waals surface area contributed by atoms with Crippen LogP contribution in [0.1, 0.15) is 56.1 Å². The van der Waals surface area contributed by atoms with Crippen molar-refractivity contribution in [2.45, 2.75) is 51.6 Å². The number of aromatic nitrogens is 1. The Morgan fingerprint density at radius 2 is 2.17 bits per heavy atom. The van der Waals surface area contributed by atoms with Crippen LogP contribution in [-0.4, -0.2) is 46.7 Å². The molecular formula is C27H28ClF2N5O4S. The molecule has 4 rings (SSSR count). The molecule has 212 valence electrons. The Kier molecular flexibility index (Phi) is 9.31. The number of carbonyl (C=O) groups excluding carboxylic acids is 1. The summed E-state index contributed by atoms with van der Waals surface area (Å²) >= 11 is 7.57. The van der Waals surface area contributed by atoms with Gasteiger partial charge in [-0.15, -0.1) is 11.3 Å². The molecule has 0 radical (unpaired) electrons. The van der Waals surface area contributed by atoms with E-state index in [1.54, 1.807) is 31.6 Å². The first-order valence-electron chi connectivity index (χ1n) is 12.6. The van der Waals surface area contributed by atoms with Crippen molar-refractivity contribution in [2.75, 3.05) is 6.61 Å². The van der Waals surface area contributed by atoms with E-state index < -0.39 is 40.7 Å². The number of nitrogens with two attached hydrogens (primary N) is 1. The molecule has 1 aliphatic heterocycles. The molecule has 0 bridgehead atoms. The summed E-state index contributed by atoms with van der Waals surface area (Å²) in [6.45, 7) is 3.43. The number of ether oxygens (including phenoxy) is 1. The van der Waals surface area contributed by atoms with Crippen molar-refractivity contribution in [1.29, 1.82) is 0 Å². The highest BCUT2D eigenvalue weighted by molar-refractivity contribution is 7.11. The van der Waals surface area contributed by atoms with Gasteiger partial charge in [-0.1, -0.05) is 17.7 Å². The highest BCUT2D eigenvalue weighted by Crippen LogP contribution is 2.42. The summed E-state index contributed by atoms with van der Waals surface area (Å²) in [7, 11) is 0. The van der Waals surface area contributed by atoms with Crippen LogP contribution in [0.4, 0.5) is 8.78 Å². The van der Waals surface area contributed by atoms with Crippen LogP contribution in [0, 0.1) is 17.6 Å². The number of benzene rings is 1. The predicted molar refractivity (Wildman–Crippen MR) is 148 cm³/mol. The Hall–Kier alpha value is -3.64. The molecule has 1 aliphatic carbocycles. The molecule has 1 aromatic heterocycles. The molecule has 4 N–H and O–H groups in total. The number of thiazole rings is 1. The number of rotatable bonds is 9. The quantitative estimate of drug-likeness (QED) is 0.213. The van der Waals surface area contributed by atoms with Crippen LogP contribution >= 0.6 is 22.9 Å². The van der Waals surface area contributed by atoms with Crippen molar-refractivity contribution in [2.24, 2.45) is 21.6 Å². The summed E-state index contributed by atoms with van der Waals surface area (Å²) in [4.78, 5) is 37.8. The number of amidine groups is 1. The standard InChI is InChI=1S/C27H28ClF2N5O4S/c1-3-39-27(38)20-23(14-4-7-18(31)15(11-14)12-33-13(2)10-19(36)37)34-25(26-32-8-9-40-26)35-24(20)16-5-6-17(29)22(30)21(16)28/h5-6,8-9,12-14,24H,3-4,7,10-11,31H2,1-2H3,(H,34,35)(H,36,37). The largest absolute Gasteiger partial charge is 0.481 e. The van der Waals surface area contributed by atoms with Gasteiger partial charge < -0.3 is 20.9 Å². The summed E-state index contributed by atoms with van der Waals surface area (Å²) in [6, 6.07) is 0.685. The van der Waals surface area contributed by atoms with E-state index in [4.69, 9.17) is 27.2 Å². The smallest absolute Gasteiger partial charge is 0.338 e. The van der Waals surface area contributed by atoms with Crippen LogP contribution < -0.4 is 11.1 Å². The fraction of sp³-hybridized carbons (Fsp3) is 0.370. The van der Waals surface area contributed by atoms with E-state index in [0.717, 1.165) is 6.07 Å². The molecule has 1 aromatic carbocycles. The Morgan fingerprint density at radius 1 is 1.40 bits per heavy atom. The zero-order valence-electron chi connectivity index (χ0n) is 21.8. The highest BCUT2D eigenvalue weighted by atomic mass is 35.5. The lowest BCUT2D eigenvalue weighted by atomic mass is 9.81. The molecule has 0 fully saturated rings. The Balaban J connectivity index is 1.82. The van der Waals surface area contributed by atoms with Crippen molar-refractivity contribution in [3.05, 3.63) is 73.5 Å². The van der Waals surface area contributed by atoms with E-state index in [0.29, 0.717) is 47.1 Å². The second-order valence-electron chi connectivity index (χ2n) is 9.37. The van der Waals surface area contributed by atoms with Gasteiger partial charge in [-0.3, -0.25) is 14.8 Å². The van der Waals surface area contributed by atoms with Crippen molar-refractivity contribution >= 4 is 46.9 Å². The zero-order chi connectivity index (χ0) is 29.0. The predicted octanol–water partition coefficient (Wildman–Crippen LogP) is 4.93. The first-order valence-corrected chi connectivity index (χ1v) is 13.9. The van der Waals surface area contributed by atoms with Crippen LogP contribution in [0.3, 0.4) is 0 Å². The van der Waals surface area contributed by atoms with E-state index >= 15 is 0 Å². The lowest BCUT2D eigenvalue weighted by Gasteiger charge is -2.33. The number of esters is 1. The topological polar surface area (TPSA) is 139 Å². The Labute approximate surface area is 238 Å². The first kappa shape index (κ1) is 29.3. The van der Waals surface area contributed by atoms with E-state index in [-0.39, 0.29) is 30.1 Å². The summed E-state index contributed by atoms with van der Waals surface area (Å²) in [5.41, 5.74) is 8.33. The molecule has 0 saturated carbocycles. The number of hydrogen-bond donors (Lipinski definition) is 3. The molecular weight excluding hydrogens is 564 g/mol. The van der Waals surface area contributed by atoms with Gasteiger partial charge in [0.15, 0.2) is 22.5 Å². The van der Waals surface area contributed by atoms with Gasteiger partial charge in [-0.25, -0.2) is 18.6 Å². The van der Waals surface area contributed by atoms with Gasteiger partial charge in [0.2, 0.25) is 0 Å². The fourth-order valence-electron chi connectivity index (χ4n) is 4.64. The molecule has 3 unspecified atom stereocenters. The van der Waals surface area contributed by atoms with Crippen LogP contribution in [0.5, 0.6) is 0 Å². The molecule has 0 spiro atoms. The van der Waals surface area contributed by atoms with Gasteiger partial charge in [0, 0.05) is 40.7 Å². The number of nitrogens with zero attached hydrogens (tertiary/aromatic N) is 3. The summed E-state index contributed by atoms with van der Waals surface area (Å²) < 4.78 is 33.9. The maximum Gasteiger partial charge on any atom is 0.338 e. The monoisotopic (exact) mass is 591 g/mol. The SMILES string of the molecule is CCOC(=O)C1=C(C2CCC(N)=C(C=NC(C)CC(=O)O)C2)NC(c2nccs2)=NC1c1ccc(F)c(F)c1Cl. The van der Waals surface area contributed by atoms with Gasteiger partial charge in [-0.05, 0) is 44.7 Å². The fourth-order valence-corrected chi connectivity index (χ4v) is 5.48. The number of aliphatic imine (C=N–C) groups is 2. The minimum absolute atomic E-state index is 0.0772. The van der Waals surface area contributed by atoms with Crippen molar-refractivity contribution in [1.82, 2.24) is 10.3 Å². The summed E-state index contributed by atoms with van der Waals surface area (Å²) in [5, 5.41) is 14.1. The molecule has 2 aliphatic rings. The minimum atomic E-state index is -1.24. The van der Waals surface area contributed by atoms with Crippen molar-refractivity contribution in [3.63, 3.8) is 0 Å². The molecule has 13 heteroatoms. The van der Waals surface area contributed by atoms with E-state index in [1.807, 2.05) is 0 Å². The van der Waals surface area contributed by atoms with Gasteiger partial charge in [0.1, 0.15) is 6.04 Å². The van der Waals surface area contributed by atoms with E-state index in [2.05, 4.69) is 20.3 Å². The minimum Gasteiger partial charge on any atom is -0.481 e. The second kappa shape index (κ2) is 12.7. The van der Waals surface area contributed by atoms with Gasteiger partial charge in [0.25, 0.3) is 0 Å². The molecule has 0 amide bonds. The average Bonchev–Trinajstić information content (AvgIpc) is 3.46. The molecule has 3 atom stereocenters. The zero-order valence-corrected chi connectivity index (χ0v) is 23.4. The number of halogens is 3. The van der Waals surface area contributed by atoms with Crippen molar-refractivity contribution < 1.29 is 28.2 Å². The Morgan fingerprint density at radius 3 is 2.85 bits per heavy atom. The van der Waals surface area contributed by atoms with Crippen LogP contribution in [0.15, 0.2) is 56.2 Å². The Bertz CT molecular complexity index is 1420. The van der Waals surface area contributed by atoms with Crippen LogP contribution in [-0.2, 0) is 14.3 Å². The van der Waals surface area contributed by atoms with E-state index in [9.17, 15) is 18.4 Å². The average molecular weight is 592 g/mol. The summed E-state index contributed by atoms with van der Waals surface area (Å²) in [5.74, 6) is -3.94.